The number of nitrogens with one attached hydrogen (secondary N) is 2. The minimum absolute atomic E-state index is 0.0726. The maximum atomic E-state index is 12.7. The van der Waals surface area contributed by atoms with Crippen LogP contribution in [0.1, 0.15) is 25.7 Å². The van der Waals surface area contributed by atoms with Crippen molar-refractivity contribution >= 4 is 39.1 Å². The van der Waals surface area contributed by atoms with Crippen LogP contribution >= 0.6 is 15.9 Å². The molecule has 132 valence electrons. The third kappa shape index (κ3) is 4.62. The van der Waals surface area contributed by atoms with Crippen molar-refractivity contribution in [2.75, 3.05) is 5.32 Å². The van der Waals surface area contributed by atoms with Gasteiger partial charge in [-0.25, -0.2) is 4.98 Å². The molecule has 5 nitrogen and oxygen atoms in total. The van der Waals surface area contributed by atoms with Crippen LogP contribution in [0.25, 0.3) is 11.0 Å². The summed E-state index contributed by atoms with van der Waals surface area (Å²) in [6, 6.07) is 3.83. The highest BCUT2D eigenvalue weighted by Gasteiger charge is 2.41. The average Bonchev–Trinajstić information content (AvgIpc) is 2.90. The molecule has 2 aromatic rings. The molecule has 1 saturated carbocycles. The predicted octanol–water partition coefficient (Wildman–Crippen LogP) is 3.96. The van der Waals surface area contributed by atoms with E-state index >= 15 is 0 Å². The summed E-state index contributed by atoms with van der Waals surface area (Å²) in [5.41, 5.74) is 6.73. The molecule has 0 radical (unpaired) electrons. The van der Waals surface area contributed by atoms with Gasteiger partial charge in [0.2, 0.25) is 6.41 Å². The van der Waals surface area contributed by atoms with E-state index in [-0.39, 0.29) is 25.3 Å². The Morgan fingerprint density at radius 1 is 1.29 bits per heavy atom. The number of H-pyrrole nitrogens is 1. The van der Waals surface area contributed by atoms with Crippen molar-refractivity contribution in [1.29, 1.82) is 0 Å². The van der Waals surface area contributed by atoms with Gasteiger partial charge in [-0.05, 0) is 53.7 Å². The molecule has 0 saturated heterocycles. The molecule has 0 bridgehead atoms. The van der Waals surface area contributed by atoms with Gasteiger partial charge < -0.3 is 16.0 Å². The fraction of sp³-hybridized carbons (Fsp3) is 0.467. The van der Waals surface area contributed by atoms with Gasteiger partial charge in [-0.1, -0.05) is 0 Å². The summed E-state index contributed by atoms with van der Waals surface area (Å²) in [6.07, 6.45) is -0.533. The van der Waals surface area contributed by atoms with E-state index in [1.807, 2.05) is 18.3 Å². The molecule has 0 aromatic carbocycles. The molecule has 2 aromatic heterocycles. The average molecular weight is 407 g/mol. The third-order valence-corrected chi connectivity index (χ3v) is 4.48. The molecule has 1 fully saturated rings. The van der Waals surface area contributed by atoms with Gasteiger partial charge in [-0.15, -0.1) is 0 Å². The number of halogens is 4. The van der Waals surface area contributed by atoms with E-state index < -0.39 is 12.1 Å². The van der Waals surface area contributed by atoms with Gasteiger partial charge in [-0.3, -0.25) is 4.79 Å². The van der Waals surface area contributed by atoms with Crippen LogP contribution < -0.4 is 11.1 Å². The molecule has 0 spiro atoms. The SMILES string of the molecule is FC(F)(F)C1CCC(Nc2c[nH]c3ccc(Br)nc23)CC1.NC=O. The van der Waals surface area contributed by atoms with Gasteiger partial charge in [0.1, 0.15) is 10.1 Å². The molecule has 3 rings (SSSR count). The second kappa shape index (κ2) is 7.87. The van der Waals surface area contributed by atoms with E-state index in [2.05, 4.69) is 36.9 Å². The Hall–Kier alpha value is -1.77. The summed E-state index contributed by atoms with van der Waals surface area (Å²) in [7, 11) is 0. The quantitative estimate of drug-likeness (QED) is 0.521. The molecule has 9 heteroatoms. The molecule has 0 aliphatic heterocycles. The Bertz CT molecular complexity index is 681. The molecule has 0 atom stereocenters. The summed E-state index contributed by atoms with van der Waals surface area (Å²) in [4.78, 5) is 16.1. The minimum Gasteiger partial charge on any atom is -0.379 e. The van der Waals surface area contributed by atoms with Gasteiger partial charge in [0.05, 0.1) is 17.1 Å². The topological polar surface area (TPSA) is 83.8 Å². The number of aromatic amines is 1. The molecule has 1 amide bonds. The Morgan fingerprint density at radius 3 is 2.50 bits per heavy atom. The number of fused-ring (bicyclic) bond motifs is 1. The highest BCUT2D eigenvalue weighted by molar-refractivity contribution is 9.10. The molecule has 1 aliphatic rings. The number of anilines is 1. The number of aromatic nitrogens is 2. The number of rotatable bonds is 2. The lowest BCUT2D eigenvalue weighted by Gasteiger charge is -2.30. The number of primary amides is 1. The van der Waals surface area contributed by atoms with E-state index in [1.165, 1.54) is 0 Å². The number of alkyl halides is 3. The van der Waals surface area contributed by atoms with E-state index in [0.29, 0.717) is 12.8 Å². The second-order valence-corrected chi connectivity index (χ2v) is 6.42. The van der Waals surface area contributed by atoms with Crippen LogP contribution in [-0.2, 0) is 4.79 Å². The van der Waals surface area contributed by atoms with Crippen LogP contribution in [0.5, 0.6) is 0 Å². The predicted molar refractivity (Wildman–Crippen MR) is 89.5 cm³/mol. The number of nitrogens with zero attached hydrogens (tertiary/aromatic N) is 1. The Balaban J connectivity index is 0.000000647. The standard InChI is InChI=1S/C14H15BrF3N3.CH3NO/c15-12-6-5-10-13(21-12)11(7-19-10)20-9-3-1-8(2-4-9)14(16,17)18;2-1-3/h5-9,19-20H,1-4H2;1H,(H2,2,3). The lowest BCUT2D eigenvalue weighted by molar-refractivity contribution is -0.182. The summed E-state index contributed by atoms with van der Waals surface area (Å²) in [5.74, 6) is -1.15. The van der Waals surface area contributed by atoms with Crippen LogP contribution in [0.3, 0.4) is 0 Å². The van der Waals surface area contributed by atoms with Crippen molar-refractivity contribution < 1.29 is 18.0 Å². The number of carbonyl (C=O) groups is 1. The lowest BCUT2D eigenvalue weighted by atomic mass is 9.85. The van der Waals surface area contributed by atoms with Crippen molar-refractivity contribution in [1.82, 2.24) is 9.97 Å². The largest absolute Gasteiger partial charge is 0.391 e. The molecular weight excluding hydrogens is 389 g/mol. The Kier molecular flexibility index (Phi) is 6.09. The van der Waals surface area contributed by atoms with Crippen molar-refractivity contribution in [2.45, 2.75) is 37.9 Å². The van der Waals surface area contributed by atoms with E-state index in [9.17, 15) is 13.2 Å². The number of amides is 1. The van der Waals surface area contributed by atoms with Crippen molar-refractivity contribution in [3.8, 4) is 0 Å². The molecular formula is C15H18BrF3N4O. The lowest BCUT2D eigenvalue weighted by Crippen LogP contribution is -2.32. The molecule has 4 N–H and O–H groups in total. The molecule has 0 unspecified atom stereocenters. The Morgan fingerprint density at radius 2 is 1.92 bits per heavy atom. The first-order chi connectivity index (χ1) is 11.3. The van der Waals surface area contributed by atoms with Crippen LogP contribution in [0.4, 0.5) is 18.9 Å². The fourth-order valence-corrected chi connectivity index (χ4v) is 3.18. The molecule has 24 heavy (non-hydrogen) atoms. The zero-order chi connectivity index (χ0) is 17.7. The van der Waals surface area contributed by atoms with Gasteiger partial charge >= 0.3 is 6.18 Å². The first-order valence-electron chi connectivity index (χ1n) is 7.47. The van der Waals surface area contributed by atoms with Crippen molar-refractivity contribution in [2.24, 2.45) is 11.7 Å². The number of nitrogens with two attached hydrogens (primary N) is 1. The first-order valence-corrected chi connectivity index (χ1v) is 8.26. The van der Waals surface area contributed by atoms with Gasteiger partial charge in [-0.2, -0.15) is 13.2 Å². The highest BCUT2D eigenvalue weighted by atomic mass is 79.9. The van der Waals surface area contributed by atoms with Crippen LogP contribution in [-0.4, -0.2) is 28.6 Å². The monoisotopic (exact) mass is 406 g/mol. The van der Waals surface area contributed by atoms with Crippen molar-refractivity contribution in [3.63, 3.8) is 0 Å². The first kappa shape index (κ1) is 18.6. The molecule has 1 aliphatic carbocycles. The Labute approximate surface area is 145 Å². The number of hydrogen-bond acceptors (Lipinski definition) is 3. The van der Waals surface area contributed by atoms with Crippen molar-refractivity contribution in [3.05, 3.63) is 22.9 Å². The smallest absolute Gasteiger partial charge is 0.379 e. The number of carbonyl (C=O) groups excluding carboxylic acids is 1. The zero-order valence-corrected chi connectivity index (χ0v) is 14.3. The summed E-state index contributed by atoms with van der Waals surface area (Å²) in [6.45, 7) is 0. The van der Waals surface area contributed by atoms with Gasteiger partial charge in [0.15, 0.2) is 0 Å². The van der Waals surface area contributed by atoms with Gasteiger partial charge in [0, 0.05) is 12.2 Å². The van der Waals surface area contributed by atoms with Crippen LogP contribution in [0, 0.1) is 5.92 Å². The van der Waals surface area contributed by atoms with E-state index in [0.717, 1.165) is 21.3 Å². The summed E-state index contributed by atoms with van der Waals surface area (Å²) in [5, 5.41) is 3.32. The summed E-state index contributed by atoms with van der Waals surface area (Å²) < 4.78 is 38.7. The fourth-order valence-electron chi connectivity index (χ4n) is 2.87. The number of pyridine rings is 1. The van der Waals surface area contributed by atoms with Crippen LogP contribution in [0.2, 0.25) is 0 Å². The normalized spacial score (nSPS) is 21.0. The van der Waals surface area contributed by atoms with Crippen LogP contribution in [0.15, 0.2) is 22.9 Å². The maximum Gasteiger partial charge on any atom is 0.391 e. The summed E-state index contributed by atoms with van der Waals surface area (Å²) >= 11 is 3.33. The number of hydrogen-bond donors (Lipinski definition) is 3. The van der Waals surface area contributed by atoms with E-state index in [4.69, 9.17) is 4.79 Å². The second-order valence-electron chi connectivity index (χ2n) is 5.60. The van der Waals surface area contributed by atoms with Gasteiger partial charge in [0.25, 0.3) is 0 Å². The maximum absolute atomic E-state index is 12.7. The minimum atomic E-state index is -4.06. The third-order valence-electron chi connectivity index (χ3n) is 4.04. The zero-order valence-electron chi connectivity index (χ0n) is 12.7. The highest BCUT2D eigenvalue weighted by Crippen LogP contribution is 2.38. The van der Waals surface area contributed by atoms with E-state index in [1.54, 1.807) is 0 Å². The molecule has 2 heterocycles.